The zero-order valence-corrected chi connectivity index (χ0v) is 9.92. The molecule has 18 heavy (non-hydrogen) atoms. The molecule has 0 bridgehead atoms. The molecular formula is C13H12N4O. The third-order valence-electron chi connectivity index (χ3n) is 2.90. The predicted octanol–water partition coefficient (Wildman–Crippen LogP) is 1.83. The monoisotopic (exact) mass is 240 g/mol. The van der Waals surface area contributed by atoms with Crippen molar-refractivity contribution < 1.29 is 4.79 Å². The van der Waals surface area contributed by atoms with Gasteiger partial charge in [-0.05, 0) is 19.1 Å². The molecular weight excluding hydrogens is 228 g/mol. The number of anilines is 1. The quantitative estimate of drug-likeness (QED) is 0.828. The van der Waals surface area contributed by atoms with Crippen molar-refractivity contribution in [3.8, 4) is 0 Å². The Bertz CT molecular complexity index is 650. The van der Waals surface area contributed by atoms with Crippen LogP contribution in [-0.2, 0) is 4.79 Å². The molecule has 1 aliphatic rings. The molecule has 0 aliphatic carbocycles. The summed E-state index contributed by atoms with van der Waals surface area (Å²) in [5.74, 6) is 0.513. The average Bonchev–Trinajstić information content (AvgIpc) is 3.18. The molecule has 1 N–H and O–H groups in total. The lowest BCUT2D eigenvalue weighted by atomic mass is 10.2. The second-order valence-electron chi connectivity index (χ2n) is 4.02. The van der Waals surface area contributed by atoms with Gasteiger partial charge in [0, 0.05) is 30.4 Å². The largest absolute Gasteiger partial charge is 0.343 e. The third-order valence-corrected chi connectivity index (χ3v) is 2.90. The second kappa shape index (κ2) is 4.10. The van der Waals surface area contributed by atoms with Gasteiger partial charge in [-0.15, -0.1) is 0 Å². The van der Waals surface area contributed by atoms with Crippen molar-refractivity contribution >= 4 is 28.8 Å². The molecule has 0 fully saturated rings. The van der Waals surface area contributed by atoms with Crippen molar-refractivity contribution in [2.45, 2.75) is 6.92 Å². The predicted molar refractivity (Wildman–Crippen MR) is 69.6 cm³/mol. The first-order valence-electron chi connectivity index (χ1n) is 5.77. The van der Waals surface area contributed by atoms with Crippen molar-refractivity contribution in [2.24, 2.45) is 0 Å². The van der Waals surface area contributed by atoms with E-state index in [1.807, 2.05) is 12.1 Å². The number of hydrogen-bond acceptors (Lipinski definition) is 4. The van der Waals surface area contributed by atoms with Gasteiger partial charge < -0.3 is 10.2 Å². The smallest absolute Gasteiger partial charge is 0.212 e. The minimum Gasteiger partial charge on any atom is -0.343 e. The number of hydrogen-bond donors (Lipinski definition) is 1. The first-order valence-corrected chi connectivity index (χ1v) is 5.77. The number of carbonyl (C=O) groups is 1. The molecule has 0 radical (unpaired) electrons. The van der Waals surface area contributed by atoms with Gasteiger partial charge in [0.1, 0.15) is 5.82 Å². The molecule has 0 saturated heterocycles. The van der Waals surface area contributed by atoms with Gasteiger partial charge in [0.05, 0.1) is 16.9 Å². The Kier molecular flexibility index (Phi) is 2.44. The molecule has 0 atom stereocenters. The summed E-state index contributed by atoms with van der Waals surface area (Å²) in [7, 11) is 0. The summed E-state index contributed by atoms with van der Waals surface area (Å²) in [6, 6.07) is 5.74. The second-order valence-corrected chi connectivity index (χ2v) is 4.02. The van der Waals surface area contributed by atoms with Gasteiger partial charge in [-0.1, -0.05) is 0 Å². The van der Waals surface area contributed by atoms with Crippen molar-refractivity contribution in [3.63, 3.8) is 0 Å². The summed E-state index contributed by atoms with van der Waals surface area (Å²) in [5.41, 5.74) is 2.93. The summed E-state index contributed by atoms with van der Waals surface area (Å²) in [5, 5.41) is 3.49. The minimum absolute atomic E-state index is 0.513. The number of carbonyl (C=O) groups excluding carboxylic acids is 1. The van der Waals surface area contributed by atoms with Crippen LogP contribution < -0.4 is 5.32 Å². The maximum absolute atomic E-state index is 10.4. The molecule has 2 aromatic rings. The van der Waals surface area contributed by atoms with Crippen LogP contribution in [0.2, 0.25) is 0 Å². The summed E-state index contributed by atoms with van der Waals surface area (Å²) in [6.45, 7) is 3.06. The molecule has 0 aromatic carbocycles. The number of aromatic nitrogens is 2. The van der Waals surface area contributed by atoms with Gasteiger partial charge in [-0.25, -0.2) is 9.97 Å². The van der Waals surface area contributed by atoms with Gasteiger partial charge in [0.2, 0.25) is 6.41 Å². The summed E-state index contributed by atoms with van der Waals surface area (Å²) >= 11 is 0. The first kappa shape index (κ1) is 10.7. The lowest BCUT2D eigenvalue weighted by Crippen LogP contribution is -1.99. The van der Waals surface area contributed by atoms with E-state index in [9.17, 15) is 4.79 Å². The molecule has 0 unspecified atom stereocenters. The number of pyridine rings is 2. The number of nitrogens with one attached hydrogen (secondary N) is 1. The number of rotatable bonds is 4. The lowest BCUT2D eigenvalue weighted by Gasteiger charge is -2.04. The molecule has 3 heterocycles. The maximum Gasteiger partial charge on any atom is 0.212 e. The van der Waals surface area contributed by atoms with Gasteiger partial charge in [-0.3, -0.25) is 4.79 Å². The highest BCUT2D eigenvalue weighted by atomic mass is 16.1. The molecule has 3 rings (SSSR count). The lowest BCUT2D eigenvalue weighted by molar-refractivity contribution is -0.105. The SMILES string of the molecule is CCN1C=C1c1ccc2cnc(NC=O)cc2n1. The molecule has 1 amide bonds. The zero-order valence-electron chi connectivity index (χ0n) is 9.92. The standard InChI is InChI=1S/C13H12N4O/c1-2-17-7-12(17)10-4-3-9-6-14-13(15-8-18)5-11(9)16-10/h3-8H,2H2,1H3,(H,14,15,18). The van der Waals surface area contributed by atoms with Crippen LogP contribution in [0.4, 0.5) is 5.82 Å². The summed E-state index contributed by atoms with van der Waals surface area (Å²) in [6.07, 6.45) is 4.39. The fraction of sp³-hybridized carbons (Fsp3) is 0.154. The Balaban J connectivity index is 1.99. The summed E-state index contributed by atoms with van der Waals surface area (Å²) < 4.78 is 0. The topological polar surface area (TPSA) is 57.9 Å². The number of nitrogens with zero attached hydrogens (tertiary/aromatic N) is 3. The van der Waals surface area contributed by atoms with E-state index < -0.39 is 0 Å². The highest BCUT2D eigenvalue weighted by Gasteiger charge is 2.21. The van der Waals surface area contributed by atoms with E-state index in [1.54, 1.807) is 12.3 Å². The highest BCUT2D eigenvalue weighted by molar-refractivity contribution is 5.85. The molecule has 90 valence electrons. The van der Waals surface area contributed by atoms with E-state index in [2.05, 4.69) is 33.3 Å². The normalized spacial score (nSPS) is 13.4. The Morgan fingerprint density at radius 2 is 2.33 bits per heavy atom. The Morgan fingerprint density at radius 1 is 1.44 bits per heavy atom. The Labute approximate surface area is 104 Å². The van der Waals surface area contributed by atoms with Crippen LogP contribution in [0.3, 0.4) is 0 Å². The van der Waals surface area contributed by atoms with Crippen LogP contribution in [-0.4, -0.2) is 27.8 Å². The van der Waals surface area contributed by atoms with Crippen molar-refractivity contribution in [2.75, 3.05) is 11.9 Å². The van der Waals surface area contributed by atoms with Crippen LogP contribution >= 0.6 is 0 Å². The van der Waals surface area contributed by atoms with Crippen molar-refractivity contribution in [1.82, 2.24) is 14.9 Å². The summed E-state index contributed by atoms with van der Waals surface area (Å²) in [4.78, 5) is 21.2. The fourth-order valence-electron chi connectivity index (χ4n) is 1.89. The Morgan fingerprint density at radius 3 is 3.06 bits per heavy atom. The number of amides is 1. The molecule has 1 aliphatic heterocycles. The molecule has 5 nitrogen and oxygen atoms in total. The van der Waals surface area contributed by atoms with E-state index in [4.69, 9.17) is 0 Å². The number of fused-ring (bicyclic) bond motifs is 1. The van der Waals surface area contributed by atoms with Crippen molar-refractivity contribution in [3.05, 3.63) is 36.3 Å². The minimum atomic E-state index is 0.513. The van der Waals surface area contributed by atoms with Gasteiger partial charge in [0.25, 0.3) is 0 Å². The molecule has 2 aromatic heterocycles. The van der Waals surface area contributed by atoms with E-state index in [0.29, 0.717) is 12.2 Å². The zero-order chi connectivity index (χ0) is 12.5. The Hall–Kier alpha value is -2.43. The maximum atomic E-state index is 10.4. The van der Waals surface area contributed by atoms with Gasteiger partial charge in [-0.2, -0.15) is 0 Å². The van der Waals surface area contributed by atoms with Crippen LogP contribution in [0.1, 0.15) is 12.6 Å². The van der Waals surface area contributed by atoms with Crippen LogP contribution in [0.15, 0.2) is 30.6 Å². The van der Waals surface area contributed by atoms with Crippen LogP contribution in [0.25, 0.3) is 16.6 Å². The third kappa shape index (κ3) is 1.79. The van der Waals surface area contributed by atoms with Gasteiger partial charge >= 0.3 is 0 Å². The van der Waals surface area contributed by atoms with Crippen LogP contribution in [0.5, 0.6) is 0 Å². The van der Waals surface area contributed by atoms with Crippen LogP contribution in [0, 0.1) is 0 Å². The van der Waals surface area contributed by atoms with E-state index in [0.717, 1.165) is 28.8 Å². The van der Waals surface area contributed by atoms with E-state index >= 15 is 0 Å². The fourth-order valence-corrected chi connectivity index (χ4v) is 1.89. The van der Waals surface area contributed by atoms with E-state index in [1.165, 1.54) is 0 Å². The average molecular weight is 240 g/mol. The highest BCUT2D eigenvalue weighted by Crippen LogP contribution is 2.31. The van der Waals surface area contributed by atoms with Gasteiger partial charge in [0.15, 0.2) is 0 Å². The molecule has 0 saturated carbocycles. The molecule has 0 spiro atoms. The molecule has 5 heteroatoms. The van der Waals surface area contributed by atoms with E-state index in [-0.39, 0.29) is 0 Å². The van der Waals surface area contributed by atoms with Crippen molar-refractivity contribution in [1.29, 1.82) is 0 Å². The first-order chi connectivity index (χ1) is 8.81.